The standard InChI is InChI=1S/C24H29N5O3S2/c1-14(2)6-12-29-23(32)18(34-24(29)33)13-17-21(27-10-7-16(8-11-27)19(25)30)26-20-15(3)5-4-9-28(20)22(17)31/h4-5,9,13-14,16H,6-8,10-12H2,1-3H3,(H2,25,30). The van der Waals surface area contributed by atoms with Crippen LogP contribution in [0.1, 0.15) is 44.2 Å². The van der Waals surface area contributed by atoms with E-state index in [0.29, 0.717) is 64.6 Å². The van der Waals surface area contributed by atoms with Crippen molar-refractivity contribution in [1.82, 2.24) is 14.3 Å². The van der Waals surface area contributed by atoms with Gasteiger partial charge in [-0.25, -0.2) is 4.98 Å². The lowest BCUT2D eigenvalue weighted by Crippen LogP contribution is -2.40. The molecule has 0 aliphatic carbocycles. The molecule has 2 fully saturated rings. The van der Waals surface area contributed by atoms with Gasteiger partial charge in [0.05, 0.1) is 10.5 Å². The van der Waals surface area contributed by atoms with Gasteiger partial charge in [0, 0.05) is 31.7 Å². The van der Waals surface area contributed by atoms with E-state index in [9.17, 15) is 14.4 Å². The predicted molar refractivity (Wildman–Crippen MR) is 140 cm³/mol. The van der Waals surface area contributed by atoms with Crippen LogP contribution in [0.15, 0.2) is 28.0 Å². The molecule has 8 nitrogen and oxygen atoms in total. The lowest BCUT2D eigenvalue weighted by atomic mass is 9.96. The zero-order valence-corrected chi connectivity index (χ0v) is 21.2. The molecule has 0 atom stereocenters. The van der Waals surface area contributed by atoms with Gasteiger partial charge in [-0.2, -0.15) is 0 Å². The molecule has 10 heteroatoms. The summed E-state index contributed by atoms with van der Waals surface area (Å²) in [6, 6.07) is 3.71. The van der Waals surface area contributed by atoms with E-state index in [2.05, 4.69) is 13.8 Å². The van der Waals surface area contributed by atoms with Crippen LogP contribution in [0.4, 0.5) is 5.82 Å². The molecule has 2 aliphatic rings. The second kappa shape index (κ2) is 9.87. The minimum Gasteiger partial charge on any atom is -0.369 e. The third-order valence-corrected chi connectivity index (χ3v) is 7.72. The number of fused-ring (bicyclic) bond motifs is 1. The molecular formula is C24H29N5O3S2. The lowest BCUT2D eigenvalue weighted by Gasteiger charge is -2.32. The molecule has 0 spiro atoms. The summed E-state index contributed by atoms with van der Waals surface area (Å²) in [5, 5.41) is 0. The maximum absolute atomic E-state index is 13.6. The number of piperidine rings is 1. The number of carbonyl (C=O) groups excluding carboxylic acids is 2. The Morgan fingerprint density at radius 3 is 2.68 bits per heavy atom. The Labute approximate surface area is 208 Å². The van der Waals surface area contributed by atoms with E-state index in [4.69, 9.17) is 22.9 Å². The zero-order chi connectivity index (χ0) is 24.6. The maximum atomic E-state index is 13.6. The topological polar surface area (TPSA) is 101 Å². The van der Waals surface area contributed by atoms with Crippen molar-refractivity contribution < 1.29 is 9.59 Å². The van der Waals surface area contributed by atoms with Crippen LogP contribution in [0, 0.1) is 18.8 Å². The highest BCUT2D eigenvalue weighted by atomic mass is 32.2. The molecule has 0 radical (unpaired) electrons. The van der Waals surface area contributed by atoms with Crippen LogP contribution in [0.3, 0.4) is 0 Å². The molecular weight excluding hydrogens is 470 g/mol. The second-order valence-electron chi connectivity index (χ2n) is 9.22. The van der Waals surface area contributed by atoms with E-state index in [0.717, 1.165) is 12.0 Å². The first-order chi connectivity index (χ1) is 16.2. The van der Waals surface area contributed by atoms with Gasteiger partial charge in [0.15, 0.2) is 0 Å². The third kappa shape index (κ3) is 4.74. The number of amides is 2. The summed E-state index contributed by atoms with van der Waals surface area (Å²) in [6.07, 6.45) is 5.36. The third-order valence-electron chi connectivity index (χ3n) is 6.34. The van der Waals surface area contributed by atoms with Crippen molar-refractivity contribution in [2.75, 3.05) is 24.5 Å². The highest BCUT2D eigenvalue weighted by Gasteiger charge is 2.33. The summed E-state index contributed by atoms with van der Waals surface area (Å²) >= 11 is 6.68. The molecule has 0 bridgehead atoms. The van der Waals surface area contributed by atoms with Crippen LogP contribution >= 0.6 is 24.0 Å². The van der Waals surface area contributed by atoms with Crippen molar-refractivity contribution in [2.24, 2.45) is 17.6 Å². The fraction of sp³-hybridized carbons (Fsp3) is 0.458. The smallest absolute Gasteiger partial charge is 0.267 e. The summed E-state index contributed by atoms with van der Waals surface area (Å²) in [7, 11) is 0. The molecule has 0 saturated carbocycles. The van der Waals surface area contributed by atoms with E-state index in [1.807, 2.05) is 17.9 Å². The molecule has 0 aromatic carbocycles. The Bertz CT molecular complexity index is 1250. The Morgan fingerprint density at radius 1 is 1.32 bits per heavy atom. The molecule has 4 heterocycles. The first-order valence-corrected chi connectivity index (χ1v) is 12.7. The number of nitrogens with zero attached hydrogens (tertiary/aromatic N) is 4. The first-order valence-electron chi connectivity index (χ1n) is 11.5. The maximum Gasteiger partial charge on any atom is 0.267 e. The van der Waals surface area contributed by atoms with E-state index < -0.39 is 0 Å². The summed E-state index contributed by atoms with van der Waals surface area (Å²) in [4.78, 5) is 47.3. The van der Waals surface area contributed by atoms with Gasteiger partial charge in [-0.05, 0) is 49.8 Å². The van der Waals surface area contributed by atoms with Gasteiger partial charge in [-0.1, -0.05) is 43.9 Å². The van der Waals surface area contributed by atoms with E-state index in [-0.39, 0.29) is 23.3 Å². The van der Waals surface area contributed by atoms with E-state index in [1.165, 1.54) is 16.2 Å². The summed E-state index contributed by atoms with van der Waals surface area (Å²) in [5.41, 5.74) is 7.05. The molecule has 34 heavy (non-hydrogen) atoms. The van der Waals surface area contributed by atoms with Gasteiger partial charge in [-0.3, -0.25) is 23.7 Å². The largest absolute Gasteiger partial charge is 0.369 e. The molecule has 2 aromatic heterocycles. The molecule has 2 N–H and O–H groups in total. The Morgan fingerprint density at radius 2 is 2.03 bits per heavy atom. The number of primary amides is 1. The molecule has 4 rings (SSSR count). The fourth-order valence-electron chi connectivity index (χ4n) is 4.25. The highest BCUT2D eigenvalue weighted by molar-refractivity contribution is 8.26. The number of hydrogen-bond donors (Lipinski definition) is 1. The number of nitrogens with two attached hydrogens (primary N) is 1. The number of aromatic nitrogens is 2. The number of pyridine rings is 1. The minimum atomic E-state index is -0.299. The Hall–Kier alpha value is -2.72. The molecule has 180 valence electrons. The SMILES string of the molecule is Cc1cccn2c(=O)c(C=C3SC(=S)N(CCC(C)C)C3=O)c(N3CCC(C(N)=O)CC3)nc12. The fourth-order valence-corrected chi connectivity index (χ4v) is 5.55. The van der Waals surface area contributed by atoms with Crippen molar-refractivity contribution in [1.29, 1.82) is 0 Å². The lowest BCUT2D eigenvalue weighted by molar-refractivity contribution is -0.123. The molecule has 0 unspecified atom stereocenters. The molecule has 2 aliphatic heterocycles. The van der Waals surface area contributed by atoms with Crippen molar-refractivity contribution in [3.05, 3.63) is 44.7 Å². The van der Waals surface area contributed by atoms with Gasteiger partial charge in [0.1, 0.15) is 15.8 Å². The summed E-state index contributed by atoms with van der Waals surface area (Å²) in [6.45, 7) is 7.78. The van der Waals surface area contributed by atoms with E-state index in [1.54, 1.807) is 23.2 Å². The van der Waals surface area contributed by atoms with E-state index >= 15 is 0 Å². The van der Waals surface area contributed by atoms with Gasteiger partial charge >= 0.3 is 0 Å². The molecule has 2 amide bonds. The minimum absolute atomic E-state index is 0.178. The number of carbonyl (C=O) groups is 2. The number of rotatable bonds is 6. The number of thioether (sulfide) groups is 1. The second-order valence-corrected chi connectivity index (χ2v) is 10.9. The van der Waals surface area contributed by atoms with Crippen molar-refractivity contribution in [3.63, 3.8) is 0 Å². The average Bonchev–Trinajstić information content (AvgIpc) is 3.06. The summed E-state index contributed by atoms with van der Waals surface area (Å²) in [5.74, 6) is 0.311. The number of thiocarbonyl (C=S) groups is 1. The van der Waals surface area contributed by atoms with Crippen LogP contribution < -0.4 is 16.2 Å². The Kier molecular flexibility index (Phi) is 7.09. The van der Waals surface area contributed by atoms with Crippen LogP contribution in [-0.2, 0) is 9.59 Å². The number of aryl methyl sites for hydroxylation is 1. The van der Waals surface area contributed by atoms with Crippen LogP contribution in [0.25, 0.3) is 11.7 Å². The summed E-state index contributed by atoms with van der Waals surface area (Å²) < 4.78 is 2.02. The van der Waals surface area contributed by atoms with Crippen molar-refractivity contribution in [2.45, 2.75) is 40.0 Å². The average molecular weight is 500 g/mol. The quantitative estimate of drug-likeness (QED) is 0.482. The zero-order valence-electron chi connectivity index (χ0n) is 19.6. The Balaban J connectivity index is 1.77. The van der Waals surface area contributed by atoms with Crippen LogP contribution in [0.2, 0.25) is 0 Å². The molecule has 2 saturated heterocycles. The predicted octanol–water partition coefficient (Wildman–Crippen LogP) is 2.95. The van der Waals surface area contributed by atoms with Crippen LogP contribution in [-0.4, -0.2) is 50.1 Å². The molecule has 2 aromatic rings. The number of anilines is 1. The highest BCUT2D eigenvalue weighted by Crippen LogP contribution is 2.34. The van der Waals surface area contributed by atoms with Gasteiger partial charge in [0.2, 0.25) is 5.91 Å². The first kappa shape index (κ1) is 24.4. The van der Waals surface area contributed by atoms with Crippen LogP contribution in [0.5, 0.6) is 0 Å². The van der Waals surface area contributed by atoms with Gasteiger partial charge in [0.25, 0.3) is 11.5 Å². The van der Waals surface area contributed by atoms with Crippen molar-refractivity contribution in [3.8, 4) is 0 Å². The van der Waals surface area contributed by atoms with Gasteiger partial charge in [-0.15, -0.1) is 0 Å². The van der Waals surface area contributed by atoms with Crippen molar-refractivity contribution >= 4 is 57.7 Å². The van der Waals surface area contributed by atoms with Gasteiger partial charge < -0.3 is 10.6 Å². The normalized spacial score (nSPS) is 18.6. The monoisotopic (exact) mass is 499 g/mol. The number of hydrogen-bond acceptors (Lipinski definition) is 7.